The van der Waals surface area contributed by atoms with Crippen molar-refractivity contribution >= 4 is 10.1 Å². The van der Waals surface area contributed by atoms with Gasteiger partial charge >= 0.3 is 10.1 Å². The van der Waals surface area contributed by atoms with Crippen LogP contribution in [0, 0.1) is 5.92 Å². The van der Waals surface area contributed by atoms with E-state index in [0.717, 1.165) is 18.2 Å². The standard InChI is InChI=1S/C12H16O3S/c1-4-15-16(13,14)12-7-5-11(6-8-12)9-10(2)3/h4-8,10H,1,9H2,2-3H3. The van der Waals surface area contributed by atoms with Crippen molar-refractivity contribution in [3.63, 3.8) is 0 Å². The topological polar surface area (TPSA) is 43.4 Å². The van der Waals surface area contributed by atoms with Crippen LogP contribution in [0.3, 0.4) is 0 Å². The Morgan fingerprint density at radius 3 is 2.31 bits per heavy atom. The van der Waals surface area contributed by atoms with Crippen LogP contribution in [0.4, 0.5) is 0 Å². The molecule has 0 bridgehead atoms. The molecule has 0 radical (unpaired) electrons. The first-order valence-electron chi connectivity index (χ1n) is 5.09. The molecule has 0 saturated carbocycles. The zero-order valence-electron chi connectivity index (χ0n) is 9.51. The van der Waals surface area contributed by atoms with Crippen molar-refractivity contribution in [3.05, 3.63) is 42.7 Å². The molecule has 0 N–H and O–H groups in total. The van der Waals surface area contributed by atoms with Crippen molar-refractivity contribution in [2.24, 2.45) is 5.92 Å². The van der Waals surface area contributed by atoms with Gasteiger partial charge in [0.25, 0.3) is 0 Å². The fraction of sp³-hybridized carbons (Fsp3) is 0.333. The third-order valence-electron chi connectivity index (χ3n) is 2.05. The highest BCUT2D eigenvalue weighted by Gasteiger charge is 2.13. The smallest absolute Gasteiger partial charge is 0.338 e. The Hall–Kier alpha value is -1.29. The first kappa shape index (κ1) is 12.8. The molecule has 0 aliphatic carbocycles. The van der Waals surface area contributed by atoms with E-state index in [1.165, 1.54) is 0 Å². The summed E-state index contributed by atoms with van der Waals surface area (Å²) in [7, 11) is -3.67. The van der Waals surface area contributed by atoms with Crippen LogP contribution in [0.2, 0.25) is 0 Å². The van der Waals surface area contributed by atoms with Gasteiger partial charge in [0.05, 0.1) is 6.26 Å². The molecule has 0 heterocycles. The lowest BCUT2D eigenvalue weighted by molar-refractivity contribution is 0.444. The molecule has 0 aliphatic heterocycles. The number of rotatable bonds is 5. The molecule has 1 aromatic rings. The highest BCUT2D eigenvalue weighted by Crippen LogP contribution is 2.15. The summed E-state index contributed by atoms with van der Waals surface area (Å²) < 4.78 is 27.4. The maximum absolute atomic E-state index is 11.5. The highest BCUT2D eigenvalue weighted by atomic mass is 32.2. The third kappa shape index (κ3) is 3.38. The maximum atomic E-state index is 11.5. The molecule has 0 unspecified atom stereocenters. The lowest BCUT2D eigenvalue weighted by Gasteiger charge is -2.06. The molecule has 88 valence electrons. The van der Waals surface area contributed by atoms with Crippen molar-refractivity contribution < 1.29 is 12.6 Å². The van der Waals surface area contributed by atoms with E-state index in [1.54, 1.807) is 24.3 Å². The molecule has 0 amide bonds. The summed E-state index contributed by atoms with van der Waals surface area (Å²) in [6.07, 6.45) is 1.85. The molecule has 0 fully saturated rings. The fourth-order valence-electron chi connectivity index (χ4n) is 1.41. The van der Waals surface area contributed by atoms with Gasteiger partial charge in [0, 0.05) is 0 Å². The zero-order chi connectivity index (χ0) is 12.2. The number of benzene rings is 1. The van der Waals surface area contributed by atoms with Crippen LogP contribution < -0.4 is 0 Å². The molecular formula is C12H16O3S. The predicted octanol–water partition coefficient (Wildman–Crippen LogP) is 2.73. The van der Waals surface area contributed by atoms with E-state index in [4.69, 9.17) is 0 Å². The quantitative estimate of drug-likeness (QED) is 0.587. The molecule has 1 aromatic carbocycles. The average Bonchev–Trinajstić information content (AvgIpc) is 2.17. The summed E-state index contributed by atoms with van der Waals surface area (Å²) in [5.74, 6) is 0.548. The van der Waals surface area contributed by atoms with Crippen molar-refractivity contribution in [2.75, 3.05) is 0 Å². The molecule has 0 aromatic heterocycles. The minimum absolute atomic E-state index is 0.153. The van der Waals surface area contributed by atoms with Crippen LogP contribution >= 0.6 is 0 Å². The van der Waals surface area contributed by atoms with E-state index >= 15 is 0 Å². The summed E-state index contributed by atoms with van der Waals surface area (Å²) >= 11 is 0. The van der Waals surface area contributed by atoms with Gasteiger partial charge in [-0.15, -0.1) is 0 Å². The Labute approximate surface area is 96.9 Å². The first-order valence-corrected chi connectivity index (χ1v) is 6.49. The van der Waals surface area contributed by atoms with Crippen molar-refractivity contribution in [3.8, 4) is 0 Å². The van der Waals surface area contributed by atoms with Gasteiger partial charge < -0.3 is 4.18 Å². The van der Waals surface area contributed by atoms with E-state index in [2.05, 4.69) is 24.6 Å². The van der Waals surface area contributed by atoms with Crippen LogP contribution in [0.1, 0.15) is 19.4 Å². The van der Waals surface area contributed by atoms with E-state index in [0.29, 0.717) is 5.92 Å². The lowest BCUT2D eigenvalue weighted by Crippen LogP contribution is -2.02. The Morgan fingerprint density at radius 1 is 1.31 bits per heavy atom. The summed E-state index contributed by atoms with van der Waals surface area (Å²) in [5.41, 5.74) is 1.12. The second-order valence-electron chi connectivity index (χ2n) is 3.96. The van der Waals surface area contributed by atoms with Crippen LogP contribution in [0.25, 0.3) is 0 Å². The SMILES string of the molecule is C=COS(=O)(=O)c1ccc(CC(C)C)cc1. The second kappa shape index (κ2) is 5.16. The van der Waals surface area contributed by atoms with Crippen LogP contribution in [0.5, 0.6) is 0 Å². The largest absolute Gasteiger partial charge is 0.388 e. The van der Waals surface area contributed by atoms with Crippen molar-refractivity contribution in [1.29, 1.82) is 0 Å². The first-order chi connectivity index (χ1) is 7.45. The van der Waals surface area contributed by atoms with Crippen molar-refractivity contribution in [2.45, 2.75) is 25.2 Å². The number of hydrogen-bond donors (Lipinski definition) is 0. The molecule has 1 rings (SSSR count). The number of hydrogen-bond acceptors (Lipinski definition) is 3. The highest BCUT2D eigenvalue weighted by molar-refractivity contribution is 7.86. The van der Waals surface area contributed by atoms with Gasteiger partial charge in [-0.05, 0) is 30.0 Å². The monoisotopic (exact) mass is 240 g/mol. The van der Waals surface area contributed by atoms with Gasteiger partial charge in [-0.1, -0.05) is 32.6 Å². The van der Waals surface area contributed by atoms with Crippen LogP contribution in [-0.4, -0.2) is 8.42 Å². The maximum Gasteiger partial charge on any atom is 0.338 e. The Morgan fingerprint density at radius 2 is 1.88 bits per heavy atom. The molecule has 3 nitrogen and oxygen atoms in total. The van der Waals surface area contributed by atoms with Gasteiger partial charge in [0.15, 0.2) is 0 Å². The fourth-order valence-corrected chi connectivity index (χ4v) is 2.17. The summed E-state index contributed by atoms with van der Waals surface area (Å²) in [6, 6.07) is 6.71. The minimum Gasteiger partial charge on any atom is -0.388 e. The zero-order valence-corrected chi connectivity index (χ0v) is 10.3. The lowest BCUT2D eigenvalue weighted by atomic mass is 10.0. The van der Waals surface area contributed by atoms with Gasteiger partial charge in [0.1, 0.15) is 4.90 Å². The Kier molecular flexibility index (Phi) is 4.12. The summed E-state index contributed by atoms with van der Waals surface area (Å²) in [6.45, 7) is 7.46. The van der Waals surface area contributed by atoms with E-state index < -0.39 is 10.1 Å². The predicted molar refractivity (Wildman–Crippen MR) is 63.5 cm³/mol. The summed E-state index contributed by atoms with van der Waals surface area (Å²) in [5, 5.41) is 0. The van der Waals surface area contributed by atoms with Gasteiger partial charge in [-0.2, -0.15) is 8.42 Å². The van der Waals surface area contributed by atoms with Gasteiger partial charge in [-0.3, -0.25) is 0 Å². The van der Waals surface area contributed by atoms with Gasteiger partial charge in [-0.25, -0.2) is 0 Å². The van der Waals surface area contributed by atoms with Gasteiger partial charge in [0.2, 0.25) is 0 Å². The molecule has 0 saturated heterocycles. The molecule has 0 aliphatic rings. The molecule has 0 atom stereocenters. The Balaban J connectivity index is 2.90. The van der Waals surface area contributed by atoms with Crippen LogP contribution in [0.15, 0.2) is 42.0 Å². The molecule has 0 spiro atoms. The third-order valence-corrected chi connectivity index (χ3v) is 3.29. The van der Waals surface area contributed by atoms with E-state index in [1.807, 2.05) is 0 Å². The molecular weight excluding hydrogens is 224 g/mol. The van der Waals surface area contributed by atoms with Crippen molar-refractivity contribution in [1.82, 2.24) is 0 Å². The second-order valence-corrected chi connectivity index (χ2v) is 5.53. The normalized spacial score (nSPS) is 11.4. The van der Waals surface area contributed by atoms with E-state index in [9.17, 15) is 8.42 Å². The average molecular weight is 240 g/mol. The molecule has 4 heteroatoms. The minimum atomic E-state index is -3.67. The Bertz CT molecular complexity index is 444. The van der Waals surface area contributed by atoms with E-state index in [-0.39, 0.29) is 4.90 Å². The molecule has 16 heavy (non-hydrogen) atoms. The van der Waals surface area contributed by atoms with Crippen LogP contribution in [-0.2, 0) is 20.7 Å². The summed E-state index contributed by atoms with van der Waals surface area (Å²) in [4.78, 5) is 0.153.